The fourth-order valence-corrected chi connectivity index (χ4v) is 3.21. The average molecular weight is 355 g/mol. The Morgan fingerprint density at radius 1 is 1.12 bits per heavy atom. The molecule has 2 aromatic carbocycles. The van der Waals surface area contributed by atoms with Crippen molar-refractivity contribution in [2.75, 3.05) is 16.8 Å². The van der Waals surface area contributed by atoms with Gasteiger partial charge in [0, 0.05) is 24.1 Å². The molecule has 1 N–H and O–H groups in total. The van der Waals surface area contributed by atoms with Gasteiger partial charge in [-0.05, 0) is 48.7 Å². The summed E-state index contributed by atoms with van der Waals surface area (Å²) in [5, 5.41) is 3.14. The van der Waals surface area contributed by atoms with Crippen LogP contribution in [0.2, 0.25) is 5.02 Å². The first-order valence-electron chi connectivity index (χ1n) is 8.11. The maximum absolute atomic E-state index is 13.3. The fraction of sp³-hybridized carbons (Fsp3) is 0.158. The van der Waals surface area contributed by atoms with Gasteiger partial charge in [0.15, 0.2) is 0 Å². The zero-order valence-corrected chi connectivity index (χ0v) is 14.2. The molecule has 2 heterocycles. The summed E-state index contributed by atoms with van der Waals surface area (Å²) in [4.78, 5) is 11.1. The molecule has 0 atom stereocenters. The average Bonchev–Trinajstić information content (AvgIpc) is 2.64. The lowest BCUT2D eigenvalue weighted by Gasteiger charge is -2.30. The van der Waals surface area contributed by atoms with Gasteiger partial charge in [0.1, 0.15) is 11.6 Å². The number of aryl methyl sites for hydroxylation is 1. The Morgan fingerprint density at radius 3 is 2.88 bits per heavy atom. The van der Waals surface area contributed by atoms with Gasteiger partial charge in [-0.25, -0.2) is 9.37 Å². The third-order valence-electron chi connectivity index (χ3n) is 4.20. The number of nitrogens with one attached hydrogen (secondary N) is 1. The minimum absolute atomic E-state index is 0.0612. The van der Waals surface area contributed by atoms with Crippen LogP contribution in [0.4, 0.5) is 27.5 Å². The number of fused-ring (bicyclic) bond motifs is 1. The van der Waals surface area contributed by atoms with Gasteiger partial charge >= 0.3 is 0 Å². The number of anilines is 4. The predicted octanol–water partition coefficient (Wildman–Crippen LogP) is 5.10. The first-order valence-corrected chi connectivity index (χ1v) is 8.49. The number of benzene rings is 2. The van der Waals surface area contributed by atoms with Gasteiger partial charge in [0.05, 0.1) is 5.02 Å². The van der Waals surface area contributed by atoms with Crippen molar-refractivity contribution in [3.05, 3.63) is 71.1 Å². The molecule has 0 saturated heterocycles. The molecule has 1 aromatic heterocycles. The summed E-state index contributed by atoms with van der Waals surface area (Å²) in [5.41, 5.74) is 3.15. The lowest BCUT2D eigenvalue weighted by Crippen LogP contribution is -2.25. The molecule has 4 rings (SSSR count). The van der Waals surface area contributed by atoms with Crippen molar-refractivity contribution in [2.45, 2.75) is 12.8 Å². The summed E-state index contributed by atoms with van der Waals surface area (Å²) in [5.74, 6) is 0.827. The van der Waals surface area contributed by atoms with E-state index >= 15 is 0 Å². The highest BCUT2D eigenvalue weighted by Crippen LogP contribution is 2.32. The van der Waals surface area contributed by atoms with Crippen LogP contribution in [0.5, 0.6) is 0 Å². The van der Waals surface area contributed by atoms with Crippen molar-refractivity contribution in [1.29, 1.82) is 0 Å². The Hall–Kier alpha value is -2.66. The van der Waals surface area contributed by atoms with Gasteiger partial charge < -0.3 is 10.2 Å². The second-order valence-corrected chi connectivity index (χ2v) is 6.28. The third-order valence-corrected chi connectivity index (χ3v) is 4.49. The molecule has 0 spiro atoms. The first-order chi connectivity index (χ1) is 12.2. The zero-order chi connectivity index (χ0) is 17.2. The van der Waals surface area contributed by atoms with Crippen molar-refractivity contribution in [3.63, 3.8) is 0 Å². The van der Waals surface area contributed by atoms with Gasteiger partial charge in [-0.1, -0.05) is 29.8 Å². The normalized spacial score (nSPS) is 13.4. The Morgan fingerprint density at radius 2 is 2.00 bits per heavy atom. The van der Waals surface area contributed by atoms with E-state index in [4.69, 9.17) is 11.6 Å². The number of aromatic nitrogens is 2. The molecule has 0 bridgehead atoms. The number of para-hydroxylation sites is 1. The van der Waals surface area contributed by atoms with E-state index in [1.807, 2.05) is 12.1 Å². The van der Waals surface area contributed by atoms with E-state index in [0.717, 1.165) is 25.2 Å². The molecule has 0 amide bonds. The standard InChI is InChI=1S/C19H16ClFN4/c20-15-12-14(7-8-16(15)21)23-19-22-10-9-18(24-19)25-11-3-5-13-4-1-2-6-17(13)25/h1-2,4,6-10,12H,3,5,11H2,(H,22,23,24). The number of rotatable bonds is 3. The summed E-state index contributed by atoms with van der Waals surface area (Å²) < 4.78 is 13.3. The lowest BCUT2D eigenvalue weighted by atomic mass is 10.0. The monoisotopic (exact) mass is 354 g/mol. The van der Waals surface area contributed by atoms with E-state index in [9.17, 15) is 4.39 Å². The molecule has 0 radical (unpaired) electrons. The van der Waals surface area contributed by atoms with E-state index in [-0.39, 0.29) is 5.02 Å². The smallest absolute Gasteiger partial charge is 0.229 e. The Labute approximate surface area is 150 Å². The van der Waals surface area contributed by atoms with E-state index in [1.165, 1.54) is 23.4 Å². The highest BCUT2D eigenvalue weighted by Gasteiger charge is 2.19. The summed E-state index contributed by atoms with van der Waals surface area (Å²) in [7, 11) is 0. The van der Waals surface area contributed by atoms with Crippen LogP contribution in [-0.4, -0.2) is 16.5 Å². The summed E-state index contributed by atoms with van der Waals surface area (Å²) in [6.07, 6.45) is 3.88. The summed E-state index contributed by atoms with van der Waals surface area (Å²) >= 11 is 5.83. The van der Waals surface area contributed by atoms with Crippen LogP contribution in [0.3, 0.4) is 0 Å². The molecule has 0 saturated carbocycles. The molecule has 25 heavy (non-hydrogen) atoms. The Bertz CT molecular complexity index is 915. The maximum Gasteiger partial charge on any atom is 0.229 e. The topological polar surface area (TPSA) is 41.1 Å². The Balaban J connectivity index is 1.63. The van der Waals surface area contributed by atoms with Gasteiger partial charge in [-0.3, -0.25) is 0 Å². The lowest BCUT2D eigenvalue weighted by molar-refractivity contribution is 0.628. The van der Waals surface area contributed by atoms with Crippen LogP contribution in [0.25, 0.3) is 0 Å². The van der Waals surface area contributed by atoms with Crippen LogP contribution < -0.4 is 10.2 Å². The third kappa shape index (κ3) is 3.28. The first kappa shape index (κ1) is 15.8. The number of hydrogen-bond donors (Lipinski definition) is 1. The van der Waals surface area contributed by atoms with Gasteiger partial charge in [0.25, 0.3) is 0 Å². The van der Waals surface area contributed by atoms with E-state index < -0.39 is 5.82 Å². The predicted molar refractivity (Wildman–Crippen MR) is 98.5 cm³/mol. The molecule has 3 aromatic rings. The van der Waals surface area contributed by atoms with Crippen LogP contribution in [0, 0.1) is 5.82 Å². The van der Waals surface area contributed by atoms with Crippen molar-refractivity contribution in [1.82, 2.24) is 9.97 Å². The number of hydrogen-bond acceptors (Lipinski definition) is 4. The summed E-state index contributed by atoms with van der Waals surface area (Å²) in [6, 6.07) is 14.7. The molecule has 0 unspecified atom stereocenters. The van der Waals surface area contributed by atoms with E-state index in [2.05, 4.69) is 38.4 Å². The minimum Gasteiger partial charge on any atom is -0.326 e. The quantitative estimate of drug-likeness (QED) is 0.710. The molecule has 0 aliphatic carbocycles. The van der Waals surface area contributed by atoms with E-state index in [0.29, 0.717) is 11.6 Å². The van der Waals surface area contributed by atoms with Gasteiger partial charge in [0.2, 0.25) is 5.95 Å². The van der Waals surface area contributed by atoms with E-state index in [1.54, 1.807) is 12.3 Å². The summed E-state index contributed by atoms with van der Waals surface area (Å²) in [6.45, 7) is 0.913. The molecule has 4 nitrogen and oxygen atoms in total. The van der Waals surface area contributed by atoms with Gasteiger partial charge in [-0.15, -0.1) is 0 Å². The molecular weight excluding hydrogens is 339 g/mol. The molecule has 6 heteroatoms. The second-order valence-electron chi connectivity index (χ2n) is 5.88. The fourth-order valence-electron chi connectivity index (χ4n) is 3.03. The van der Waals surface area contributed by atoms with Crippen molar-refractivity contribution >= 4 is 34.7 Å². The van der Waals surface area contributed by atoms with Crippen LogP contribution in [0.1, 0.15) is 12.0 Å². The SMILES string of the molecule is Fc1ccc(Nc2nccc(N3CCCc4ccccc43)n2)cc1Cl. The number of nitrogens with zero attached hydrogens (tertiary/aromatic N) is 3. The van der Waals surface area contributed by atoms with Gasteiger partial charge in [-0.2, -0.15) is 4.98 Å². The minimum atomic E-state index is -0.452. The zero-order valence-electron chi connectivity index (χ0n) is 13.4. The molecule has 126 valence electrons. The van der Waals surface area contributed by atoms with Crippen molar-refractivity contribution < 1.29 is 4.39 Å². The van der Waals surface area contributed by atoms with Crippen molar-refractivity contribution in [2.24, 2.45) is 0 Å². The van der Waals surface area contributed by atoms with Crippen LogP contribution >= 0.6 is 11.6 Å². The molecule has 1 aliphatic rings. The molecule has 0 fully saturated rings. The van der Waals surface area contributed by atoms with Crippen LogP contribution in [-0.2, 0) is 6.42 Å². The molecular formula is C19H16ClFN4. The largest absolute Gasteiger partial charge is 0.326 e. The van der Waals surface area contributed by atoms with Crippen LogP contribution in [0.15, 0.2) is 54.7 Å². The van der Waals surface area contributed by atoms with Crippen molar-refractivity contribution in [3.8, 4) is 0 Å². The highest BCUT2D eigenvalue weighted by molar-refractivity contribution is 6.31. The highest BCUT2D eigenvalue weighted by atomic mass is 35.5. The number of halogens is 2. The Kier molecular flexibility index (Phi) is 4.24. The maximum atomic E-state index is 13.3. The second kappa shape index (κ2) is 6.69. The molecule has 1 aliphatic heterocycles.